The molecule has 4 rings (SSSR count). The average Bonchev–Trinajstić information content (AvgIpc) is 3.12. The van der Waals surface area contributed by atoms with Crippen LogP contribution in [0.3, 0.4) is 0 Å². The van der Waals surface area contributed by atoms with Crippen LogP contribution in [0.2, 0.25) is 5.02 Å². The van der Waals surface area contributed by atoms with E-state index in [1.54, 1.807) is 0 Å². The fourth-order valence-electron chi connectivity index (χ4n) is 7.35. The summed E-state index contributed by atoms with van der Waals surface area (Å²) >= 11 is 6.02. The monoisotopic (exact) mass is 706 g/mol. The summed E-state index contributed by atoms with van der Waals surface area (Å²) in [5, 5.41) is 17.6. The average molecular weight is 707 g/mol. The molecular weight excluding hydrogens is 652 g/mol. The Hall–Kier alpha value is -4.12. The Morgan fingerprint density at radius 2 is 1.38 bits per heavy atom. The molecule has 2 fully saturated rings. The number of nitrogen functional groups attached to an aromatic ring is 1. The van der Waals surface area contributed by atoms with Crippen molar-refractivity contribution in [2.75, 3.05) is 13.1 Å². The molecule has 11 nitrogen and oxygen atoms in total. The molecule has 3 amide bonds. The number of amidine groups is 1. The largest absolute Gasteiger partial charge is 0.384 e. The van der Waals surface area contributed by atoms with Crippen molar-refractivity contribution in [2.45, 2.75) is 102 Å². The van der Waals surface area contributed by atoms with Gasteiger partial charge < -0.3 is 33.2 Å². The van der Waals surface area contributed by atoms with Gasteiger partial charge in [-0.1, -0.05) is 86.5 Å². The number of rotatable bonds is 17. The molecule has 0 saturated heterocycles. The molecule has 0 aromatic heterocycles. The second-order valence-electron chi connectivity index (χ2n) is 13.9. The third-order valence-electron chi connectivity index (χ3n) is 10.2. The number of nitrogens with one attached hydrogen (secondary N) is 4. The van der Waals surface area contributed by atoms with E-state index in [-0.39, 0.29) is 47.3 Å². The van der Waals surface area contributed by atoms with Crippen molar-refractivity contribution >= 4 is 41.1 Å². The first-order valence-electron chi connectivity index (χ1n) is 18.2. The first-order valence-corrected chi connectivity index (χ1v) is 18.6. The van der Waals surface area contributed by atoms with Crippen molar-refractivity contribution in [3.8, 4) is 0 Å². The Balaban J connectivity index is 1.50. The first kappa shape index (κ1) is 38.7. The third-order valence-corrected chi connectivity index (χ3v) is 10.4. The zero-order valence-electron chi connectivity index (χ0n) is 29.1. The van der Waals surface area contributed by atoms with E-state index in [0.29, 0.717) is 49.4 Å². The zero-order valence-corrected chi connectivity index (χ0v) is 29.9. The molecule has 0 heterocycles. The van der Waals surface area contributed by atoms with Gasteiger partial charge in [-0.2, -0.15) is 0 Å². The molecule has 3 atom stereocenters. The molecule has 272 valence electrons. The van der Waals surface area contributed by atoms with Crippen molar-refractivity contribution in [1.29, 1.82) is 5.41 Å². The van der Waals surface area contributed by atoms with E-state index in [0.717, 1.165) is 75.3 Å². The summed E-state index contributed by atoms with van der Waals surface area (Å²) in [4.78, 5) is 46.1. The summed E-state index contributed by atoms with van der Waals surface area (Å²) in [6, 6.07) is 13.4. The Kier molecular flexibility index (Phi) is 15.4. The minimum absolute atomic E-state index is 0.00393. The fourth-order valence-corrected chi connectivity index (χ4v) is 7.47. The maximum atomic E-state index is 14.3. The van der Waals surface area contributed by atoms with Gasteiger partial charge in [-0.3, -0.25) is 24.8 Å². The van der Waals surface area contributed by atoms with Crippen LogP contribution >= 0.6 is 11.6 Å². The molecule has 2 aromatic carbocycles. The normalized spacial score (nSPS) is 17.1. The number of guanidine groups is 1. The molecule has 50 heavy (non-hydrogen) atoms. The maximum absolute atomic E-state index is 14.3. The lowest BCUT2D eigenvalue weighted by atomic mass is 9.76. The van der Waals surface area contributed by atoms with Crippen LogP contribution in [-0.4, -0.2) is 54.7 Å². The van der Waals surface area contributed by atoms with E-state index >= 15 is 0 Å². The highest BCUT2D eigenvalue weighted by molar-refractivity contribution is 6.30. The number of hydrogen-bond acceptors (Lipinski definition) is 5. The van der Waals surface area contributed by atoms with E-state index in [4.69, 9.17) is 34.2 Å². The summed E-state index contributed by atoms with van der Waals surface area (Å²) in [5.41, 5.74) is 19.4. The summed E-state index contributed by atoms with van der Waals surface area (Å²) in [7, 11) is 0. The summed E-state index contributed by atoms with van der Waals surface area (Å²) in [6.07, 6.45) is 12.0. The topological polar surface area (TPSA) is 202 Å². The van der Waals surface area contributed by atoms with Crippen LogP contribution in [0, 0.1) is 23.2 Å². The Bertz CT molecular complexity index is 1430. The molecule has 0 radical (unpaired) electrons. The molecule has 2 unspecified atom stereocenters. The van der Waals surface area contributed by atoms with Crippen LogP contribution in [-0.2, 0) is 27.2 Å². The van der Waals surface area contributed by atoms with Gasteiger partial charge in [-0.05, 0) is 86.5 Å². The number of aliphatic imine (C=N–C) groups is 1. The molecule has 0 bridgehead atoms. The minimum Gasteiger partial charge on any atom is -0.384 e. The number of amides is 3. The molecule has 2 saturated carbocycles. The smallest absolute Gasteiger partial charge is 0.243 e. The Morgan fingerprint density at radius 1 is 0.780 bits per heavy atom. The SMILES string of the molecule is N=C(N)c1ccc(CC(C(=O)NC(C(=O)N[C@@H](CCCN=C(N)N)C(=O)NCCc2ccc(Cl)cc2)C2CCCCC2)C2CCCCC2)cc1. The molecule has 0 spiro atoms. The zero-order chi connectivity index (χ0) is 35.9. The van der Waals surface area contributed by atoms with Gasteiger partial charge in [-0.25, -0.2) is 0 Å². The van der Waals surface area contributed by atoms with Crippen LogP contribution in [0.25, 0.3) is 0 Å². The van der Waals surface area contributed by atoms with Crippen molar-refractivity contribution in [3.05, 3.63) is 70.2 Å². The van der Waals surface area contributed by atoms with Gasteiger partial charge in [0.15, 0.2) is 5.96 Å². The second kappa shape index (κ2) is 19.9. The molecule has 2 aromatic rings. The first-order chi connectivity index (χ1) is 24.1. The number of nitrogens with zero attached hydrogens (tertiary/aromatic N) is 1. The molecule has 10 N–H and O–H groups in total. The van der Waals surface area contributed by atoms with Crippen molar-refractivity contribution in [2.24, 2.45) is 39.9 Å². The number of carbonyl (C=O) groups is 3. The number of carbonyl (C=O) groups excluding carboxylic acids is 3. The second-order valence-corrected chi connectivity index (χ2v) is 14.3. The molecule has 0 aliphatic heterocycles. The maximum Gasteiger partial charge on any atom is 0.243 e. The van der Waals surface area contributed by atoms with E-state index in [1.165, 1.54) is 0 Å². The summed E-state index contributed by atoms with van der Waals surface area (Å²) < 4.78 is 0. The Morgan fingerprint density at radius 3 is 1.98 bits per heavy atom. The standard InChI is InChI=1S/C38H55ClN8O3/c39-30-19-15-25(16-20-30)21-23-44-36(49)32(12-7-22-45-38(42)43)46-37(50)33(28-10-5-2-6-11-28)47-35(48)31(27-8-3-1-4-9-27)24-26-13-17-29(18-14-26)34(40)41/h13-20,27-28,31-33H,1-12,21-24H2,(H3,40,41)(H,44,49)(H,46,50)(H,47,48)(H4,42,43,45)/t31?,32-,33?/m0/s1. The van der Waals surface area contributed by atoms with Crippen LogP contribution < -0.4 is 33.2 Å². The highest BCUT2D eigenvalue weighted by atomic mass is 35.5. The van der Waals surface area contributed by atoms with E-state index < -0.39 is 12.1 Å². The van der Waals surface area contributed by atoms with Gasteiger partial charge in [0.1, 0.15) is 17.9 Å². The number of benzene rings is 2. The van der Waals surface area contributed by atoms with Crippen LogP contribution in [0.1, 0.15) is 93.7 Å². The van der Waals surface area contributed by atoms with E-state index in [2.05, 4.69) is 20.9 Å². The van der Waals surface area contributed by atoms with Crippen molar-refractivity contribution in [1.82, 2.24) is 16.0 Å². The predicted octanol–water partition coefficient (Wildman–Crippen LogP) is 4.33. The number of nitrogens with two attached hydrogens (primary N) is 3. The van der Waals surface area contributed by atoms with Gasteiger partial charge >= 0.3 is 0 Å². The highest BCUT2D eigenvalue weighted by Gasteiger charge is 2.37. The van der Waals surface area contributed by atoms with Gasteiger partial charge in [-0.15, -0.1) is 0 Å². The third kappa shape index (κ3) is 12.3. The van der Waals surface area contributed by atoms with E-state index in [9.17, 15) is 14.4 Å². The molecule has 2 aliphatic rings. The molecular formula is C38H55ClN8O3. The number of hydrogen-bond donors (Lipinski definition) is 7. The molecule has 2 aliphatic carbocycles. The van der Waals surface area contributed by atoms with Crippen molar-refractivity contribution in [3.63, 3.8) is 0 Å². The van der Waals surface area contributed by atoms with Crippen LogP contribution in [0.4, 0.5) is 0 Å². The number of halogens is 1. The quantitative estimate of drug-likeness (QED) is 0.0725. The van der Waals surface area contributed by atoms with Crippen molar-refractivity contribution < 1.29 is 14.4 Å². The summed E-state index contributed by atoms with van der Waals surface area (Å²) in [6.45, 7) is 0.714. The minimum atomic E-state index is -0.821. The predicted molar refractivity (Wildman–Crippen MR) is 200 cm³/mol. The van der Waals surface area contributed by atoms with Gasteiger partial charge in [0.05, 0.1) is 0 Å². The lowest BCUT2D eigenvalue weighted by Gasteiger charge is -2.34. The lowest BCUT2D eigenvalue weighted by Crippen LogP contribution is -2.57. The Labute approximate surface area is 301 Å². The van der Waals surface area contributed by atoms with E-state index in [1.807, 2.05) is 48.5 Å². The van der Waals surface area contributed by atoms with Gasteiger partial charge in [0, 0.05) is 29.6 Å². The lowest BCUT2D eigenvalue weighted by molar-refractivity contribution is -0.135. The van der Waals surface area contributed by atoms with Gasteiger partial charge in [0.25, 0.3) is 0 Å². The molecule has 12 heteroatoms. The van der Waals surface area contributed by atoms with Crippen LogP contribution in [0.5, 0.6) is 0 Å². The summed E-state index contributed by atoms with van der Waals surface area (Å²) in [5.74, 6) is -0.882. The fraction of sp³-hybridized carbons (Fsp3) is 0.553. The van der Waals surface area contributed by atoms with Gasteiger partial charge in [0.2, 0.25) is 17.7 Å². The highest BCUT2D eigenvalue weighted by Crippen LogP contribution is 2.33. The van der Waals surface area contributed by atoms with Crippen LogP contribution in [0.15, 0.2) is 53.5 Å².